The summed E-state index contributed by atoms with van der Waals surface area (Å²) >= 11 is 0. The van der Waals surface area contributed by atoms with Gasteiger partial charge in [0.15, 0.2) is 0 Å². The summed E-state index contributed by atoms with van der Waals surface area (Å²) in [5, 5.41) is 18.7. The Bertz CT molecular complexity index is 2700. The number of amides is 2. The van der Waals surface area contributed by atoms with Crippen molar-refractivity contribution in [3.63, 3.8) is 0 Å². The molecule has 0 radical (unpaired) electrons. The van der Waals surface area contributed by atoms with Gasteiger partial charge in [-0.1, -0.05) is 35.5 Å². The number of nitrogens with zero attached hydrogens (tertiary/aromatic N) is 8. The topological polar surface area (TPSA) is 145 Å². The number of pyridine rings is 3. The fraction of sp³-hybridized carbons (Fsp3) is 0.318. The molecule has 2 aliphatic rings. The standard InChI is InChI=1S/C44H40F4N10O2/c1-24(37-15-29-20-52-58(40(29)21-50-37)31-10-8-30(45)9-11-31)53-43(60)14-27-5-12-36(49-19-27)35-17-34(35)33-16-32(33)28-6-3-26(4-7-28)13-42(59)54-25(2)38-18-39-41(22-51-38)57(56-55-39)23-44(46,47)48/h3-12,15,18-22,24-25,32-35H,13-14,16-17,23H2,1-2H3,(H,53,60)(H,54,59)/t24-,25-,32?,33?,34?,35?/m1/s1. The molecule has 2 saturated carbocycles. The lowest BCUT2D eigenvalue weighted by molar-refractivity contribution is -0.142. The highest BCUT2D eigenvalue weighted by Gasteiger charge is 2.54. The number of hydrogen-bond acceptors (Lipinski definition) is 8. The fourth-order valence-electron chi connectivity index (χ4n) is 8.22. The molecule has 12 nitrogen and oxygen atoms in total. The lowest BCUT2D eigenvalue weighted by Crippen LogP contribution is -2.28. The number of benzene rings is 2. The Morgan fingerprint density at radius 1 is 0.750 bits per heavy atom. The minimum absolute atomic E-state index is 0.127. The highest BCUT2D eigenvalue weighted by atomic mass is 19.4. The van der Waals surface area contributed by atoms with Gasteiger partial charge in [0.2, 0.25) is 11.8 Å². The van der Waals surface area contributed by atoms with Gasteiger partial charge in [-0.05, 0) is 104 Å². The van der Waals surface area contributed by atoms with Gasteiger partial charge in [0.1, 0.15) is 23.4 Å². The highest BCUT2D eigenvalue weighted by molar-refractivity contribution is 5.81. The van der Waals surface area contributed by atoms with Crippen LogP contribution in [0.5, 0.6) is 0 Å². The molecule has 2 aliphatic carbocycles. The van der Waals surface area contributed by atoms with Crippen molar-refractivity contribution < 1.29 is 27.2 Å². The molecule has 9 rings (SSSR count). The van der Waals surface area contributed by atoms with Crippen LogP contribution in [0.15, 0.2) is 97.6 Å². The molecule has 306 valence electrons. The third-order valence-electron chi connectivity index (χ3n) is 11.5. The first kappa shape index (κ1) is 38.9. The van der Waals surface area contributed by atoms with E-state index in [0.717, 1.165) is 50.9 Å². The fourth-order valence-corrected chi connectivity index (χ4v) is 8.22. The lowest BCUT2D eigenvalue weighted by Gasteiger charge is -2.14. The summed E-state index contributed by atoms with van der Waals surface area (Å²) in [4.78, 5) is 39.5. The number of carbonyl (C=O) groups excluding carboxylic acids is 2. The number of carbonyl (C=O) groups is 2. The van der Waals surface area contributed by atoms with E-state index in [-0.39, 0.29) is 47.5 Å². The van der Waals surface area contributed by atoms with Crippen LogP contribution in [0.4, 0.5) is 17.6 Å². The summed E-state index contributed by atoms with van der Waals surface area (Å²) < 4.78 is 54.4. The summed E-state index contributed by atoms with van der Waals surface area (Å²) in [6.07, 6.45) is 4.69. The number of rotatable bonds is 13. The van der Waals surface area contributed by atoms with Gasteiger partial charge in [0.25, 0.3) is 0 Å². The molecule has 5 heterocycles. The Kier molecular flexibility index (Phi) is 10.1. The van der Waals surface area contributed by atoms with E-state index in [1.54, 1.807) is 48.4 Å². The molecular weight excluding hydrogens is 777 g/mol. The number of aromatic nitrogens is 8. The van der Waals surface area contributed by atoms with Crippen LogP contribution in [0.25, 0.3) is 27.6 Å². The Hall–Kier alpha value is -6.58. The van der Waals surface area contributed by atoms with Gasteiger partial charge in [0.05, 0.1) is 66.1 Å². The van der Waals surface area contributed by atoms with Crippen molar-refractivity contribution in [3.05, 3.63) is 137 Å². The average molecular weight is 817 g/mol. The van der Waals surface area contributed by atoms with Gasteiger partial charge in [0, 0.05) is 23.2 Å². The van der Waals surface area contributed by atoms with E-state index in [0.29, 0.717) is 35.1 Å². The second-order valence-electron chi connectivity index (χ2n) is 15.9. The quantitative estimate of drug-likeness (QED) is 0.115. The van der Waals surface area contributed by atoms with Gasteiger partial charge in [-0.15, -0.1) is 5.10 Å². The van der Waals surface area contributed by atoms with Crippen molar-refractivity contribution in [2.75, 3.05) is 0 Å². The summed E-state index contributed by atoms with van der Waals surface area (Å²) in [5.41, 5.74) is 7.16. The SMILES string of the molecule is C[C@@H](NC(=O)Cc1ccc(C2CC2C2CC2c2ccc(CC(=O)N[C@H](C)c3cc4nnn(CC(F)(F)F)c4cn3)cc2)nc1)c1cc2cnn(-c3ccc(F)cc3)c2cn1. The van der Waals surface area contributed by atoms with E-state index in [9.17, 15) is 27.2 Å². The average Bonchev–Trinajstić information content (AvgIpc) is 4.12. The van der Waals surface area contributed by atoms with Crippen molar-refractivity contribution in [2.24, 2.45) is 11.8 Å². The molecule has 0 aliphatic heterocycles. The van der Waals surface area contributed by atoms with Crippen LogP contribution < -0.4 is 10.6 Å². The number of halogens is 4. The van der Waals surface area contributed by atoms with Gasteiger partial charge in [-0.3, -0.25) is 24.5 Å². The highest BCUT2D eigenvalue weighted by Crippen LogP contribution is 2.64. The smallest absolute Gasteiger partial charge is 0.348 e. The minimum Gasteiger partial charge on any atom is -0.348 e. The summed E-state index contributed by atoms with van der Waals surface area (Å²) in [5.74, 6) is 1.40. The maximum Gasteiger partial charge on any atom is 0.408 e. The minimum atomic E-state index is -4.43. The van der Waals surface area contributed by atoms with Crippen LogP contribution >= 0.6 is 0 Å². The number of nitrogens with one attached hydrogen (secondary N) is 2. The van der Waals surface area contributed by atoms with Crippen molar-refractivity contribution >= 4 is 33.8 Å². The van der Waals surface area contributed by atoms with Crippen LogP contribution in [0.3, 0.4) is 0 Å². The largest absolute Gasteiger partial charge is 0.408 e. The normalized spacial score (nSPS) is 19.6. The van der Waals surface area contributed by atoms with E-state index >= 15 is 0 Å². The van der Waals surface area contributed by atoms with E-state index in [1.165, 1.54) is 23.9 Å². The van der Waals surface area contributed by atoms with Crippen LogP contribution in [-0.2, 0) is 29.0 Å². The zero-order chi connectivity index (χ0) is 41.7. The Balaban J connectivity index is 0.724. The van der Waals surface area contributed by atoms with Gasteiger partial charge < -0.3 is 10.6 Å². The van der Waals surface area contributed by atoms with E-state index in [2.05, 4.69) is 48.1 Å². The van der Waals surface area contributed by atoms with Gasteiger partial charge in [-0.25, -0.2) is 13.8 Å². The lowest BCUT2D eigenvalue weighted by atomic mass is 10.0. The molecule has 4 unspecified atom stereocenters. The molecule has 60 heavy (non-hydrogen) atoms. The van der Waals surface area contributed by atoms with Crippen LogP contribution in [0, 0.1) is 17.7 Å². The Morgan fingerprint density at radius 2 is 1.38 bits per heavy atom. The second-order valence-corrected chi connectivity index (χ2v) is 15.9. The van der Waals surface area contributed by atoms with E-state index in [1.807, 2.05) is 37.3 Å². The monoisotopic (exact) mass is 816 g/mol. The van der Waals surface area contributed by atoms with E-state index < -0.39 is 18.8 Å². The van der Waals surface area contributed by atoms with Crippen molar-refractivity contribution in [1.82, 2.24) is 50.4 Å². The first-order chi connectivity index (χ1) is 28.8. The third kappa shape index (κ3) is 8.44. The zero-order valence-electron chi connectivity index (χ0n) is 32.6. The number of hydrogen-bond donors (Lipinski definition) is 2. The Morgan fingerprint density at radius 3 is 2.07 bits per heavy atom. The molecule has 0 saturated heterocycles. The Labute approximate surface area is 341 Å². The van der Waals surface area contributed by atoms with Crippen molar-refractivity contribution in [2.45, 2.75) is 76.2 Å². The first-order valence-corrected chi connectivity index (χ1v) is 19.8. The van der Waals surface area contributed by atoms with Gasteiger partial charge >= 0.3 is 6.18 Å². The third-order valence-corrected chi connectivity index (χ3v) is 11.5. The molecule has 7 aromatic rings. The van der Waals surface area contributed by atoms with Crippen molar-refractivity contribution in [3.8, 4) is 5.69 Å². The van der Waals surface area contributed by atoms with Crippen LogP contribution in [0.1, 0.15) is 84.4 Å². The first-order valence-electron chi connectivity index (χ1n) is 19.8. The zero-order valence-corrected chi connectivity index (χ0v) is 32.6. The predicted octanol–water partition coefficient (Wildman–Crippen LogP) is 7.40. The molecule has 0 spiro atoms. The molecule has 0 bridgehead atoms. The molecule has 6 atom stereocenters. The van der Waals surface area contributed by atoms with Crippen LogP contribution in [0.2, 0.25) is 0 Å². The predicted molar refractivity (Wildman–Crippen MR) is 213 cm³/mol. The van der Waals surface area contributed by atoms with Crippen molar-refractivity contribution in [1.29, 1.82) is 0 Å². The summed E-state index contributed by atoms with van der Waals surface area (Å²) in [6.45, 7) is 2.39. The summed E-state index contributed by atoms with van der Waals surface area (Å²) in [7, 11) is 0. The maximum atomic E-state index is 13.4. The second kappa shape index (κ2) is 15.5. The number of fused-ring (bicyclic) bond motifs is 2. The molecule has 2 amide bonds. The van der Waals surface area contributed by atoms with Gasteiger partial charge in [-0.2, -0.15) is 18.3 Å². The molecule has 16 heteroatoms. The van der Waals surface area contributed by atoms with E-state index in [4.69, 9.17) is 4.98 Å². The molecule has 5 aromatic heterocycles. The molecule has 2 fully saturated rings. The maximum absolute atomic E-state index is 13.4. The summed E-state index contributed by atoms with van der Waals surface area (Å²) in [6, 6.07) is 20.9. The molecule has 2 N–H and O–H groups in total. The molecular formula is C44H40F4N10O2. The molecule has 2 aromatic carbocycles. The number of alkyl halides is 3. The van der Waals surface area contributed by atoms with Crippen LogP contribution in [-0.4, -0.2) is 57.7 Å².